The minimum atomic E-state index is -3.55. The molecule has 0 saturated carbocycles. The largest absolute Gasteiger partial charge is 0.371 e. The number of hydrogen-bond donors (Lipinski definition) is 1. The third kappa shape index (κ3) is 4.03. The number of nitrogens with zero attached hydrogens (tertiary/aromatic N) is 2. The number of amides is 1. The molecule has 23 heavy (non-hydrogen) atoms. The van der Waals surface area contributed by atoms with Crippen LogP contribution in [0, 0.1) is 5.92 Å². The summed E-state index contributed by atoms with van der Waals surface area (Å²) in [5, 5.41) is 5.10. The van der Waals surface area contributed by atoms with Crippen molar-refractivity contribution in [3.05, 3.63) is 24.3 Å². The van der Waals surface area contributed by atoms with Gasteiger partial charge in [0.2, 0.25) is 15.9 Å². The fourth-order valence-electron chi connectivity index (χ4n) is 3.48. The fourth-order valence-corrected chi connectivity index (χ4v) is 4.36. The second kappa shape index (κ2) is 6.49. The summed E-state index contributed by atoms with van der Waals surface area (Å²) in [5.74, 6) is -0.397. The van der Waals surface area contributed by atoms with Crippen LogP contribution in [-0.4, -0.2) is 39.7 Å². The molecule has 0 aliphatic carbocycles. The van der Waals surface area contributed by atoms with Gasteiger partial charge in [0.25, 0.3) is 0 Å². The van der Waals surface area contributed by atoms with Gasteiger partial charge in [0.1, 0.15) is 0 Å². The zero-order valence-electron chi connectivity index (χ0n) is 13.1. The Morgan fingerprint density at radius 2 is 1.83 bits per heavy atom. The van der Waals surface area contributed by atoms with Gasteiger partial charge in [-0.1, -0.05) is 6.07 Å². The number of anilines is 2. The van der Waals surface area contributed by atoms with Gasteiger partial charge < -0.3 is 9.80 Å². The number of carbonyl (C=O) groups excluding carboxylic acids is 1. The molecule has 1 aromatic rings. The van der Waals surface area contributed by atoms with Gasteiger partial charge in [-0.05, 0) is 37.5 Å². The van der Waals surface area contributed by atoms with E-state index in [2.05, 4.69) is 11.0 Å². The van der Waals surface area contributed by atoms with Gasteiger partial charge in [-0.3, -0.25) is 4.79 Å². The molecule has 2 aliphatic rings. The van der Waals surface area contributed by atoms with E-state index in [0.29, 0.717) is 6.54 Å². The maximum atomic E-state index is 12.2. The van der Waals surface area contributed by atoms with E-state index >= 15 is 0 Å². The van der Waals surface area contributed by atoms with Gasteiger partial charge in [0.15, 0.2) is 0 Å². The Morgan fingerprint density at radius 1 is 1.13 bits per heavy atom. The Balaban J connectivity index is 1.75. The topological polar surface area (TPSA) is 83.7 Å². The van der Waals surface area contributed by atoms with E-state index in [1.54, 1.807) is 4.90 Å². The van der Waals surface area contributed by atoms with Crippen LogP contribution in [0.4, 0.5) is 11.4 Å². The van der Waals surface area contributed by atoms with Gasteiger partial charge in [0, 0.05) is 43.3 Å². The molecular formula is C16H23N3O3S. The summed E-state index contributed by atoms with van der Waals surface area (Å²) >= 11 is 0. The molecule has 0 spiro atoms. The first-order chi connectivity index (χ1) is 10.9. The van der Waals surface area contributed by atoms with Crippen molar-refractivity contribution in [2.75, 3.05) is 35.2 Å². The molecule has 2 saturated heterocycles. The standard InChI is InChI=1S/C16H23N3O3S/c17-23(21,22)12-13-9-16(20)19(11-13)15-6-4-5-14(10-15)18-7-2-1-3-8-18/h4-6,10,13H,1-3,7-9,11-12H2,(H2,17,21,22). The minimum Gasteiger partial charge on any atom is -0.371 e. The Bertz CT molecular complexity index is 684. The van der Waals surface area contributed by atoms with Crippen molar-refractivity contribution in [3.63, 3.8) is 0 Å². The predicted molar refractivity (Wildman–Crippen MR) is 90.9 cm³/mol. The van der Waals surface area contributed by atoms with Crippen LogP contribution in [0.3, 0.4) is 0 Å². The van der Waals surface area contributed by atoms with Crippen molar-refractivity contribution in [3.8, 4) is 0 Å². The van der Waals surface area contributed by atoms with E-state index in [1.165, 1.54) is 19.3 Å². The monoisotopic (exact) mass is 337 g/mol. The first-order valence-electron chi connectivity index (χ1n) is 8.08. The summed E-state index contributed by atoms with van der Waals surface area (Å²) in [6, 6.07) is 7.96. The molecule has 7 heteroatoms. The molecule has 0 bridgehead atoms. The molecule has 2 N–H and O–H groups in total. The molecule has 2 fully saturated rings. The molecule has 1 unspecified atom stereocenters. The molecule has 2 aliphatic heterocycles. The molecule has 1 atom stereocenters. The van der Waals surface area contributed by atoms with E-state index in [0.717, 1.165) is 24.5 Å². The molecule has 1 aromatic carbocycles. The number of benzene rings is 1. The lowest BCUT2D eigenvalue weighted by Crippen LogP contribution is -2.30. The number of carbonyl (C=O) groups is 1. The van der Waals surface area contributed by atoms with Crippen LogP contribution in [0.25, 0.3) is 0 Å². The fraction of sp³-hybridized carbons (Fsp3) is 0.562. The van der Waals surface area contributed by atoms with Gasteiger partial charge in [-0.2, -0.15) is 0 Å². The normalized spacial score (nSPS) is 22.7. The summed E-state index contributed by atoms with van der Waals surface area (Å²) in [4.78, 5) is 16.3. The smallest absolute Gasteiger partial charge is 0.227 e. The lowest BCUT2D eigenvalue weighted by molar-refractivity contribution is -0.117. The molecule has 126 valence electrons. The van der Waals surface area contributed by atoms with E-state index in [4.69, 9.17) is 5.14 Å². The van der Waals surface area contributed by atoms with Gasteiger partial charge in [-0.25, -0.2) is 13.6 Å². The van der Waals surface area contributed by atoms with E-state index in [9.17, 15) is 13.2 Å². The molecule has 2 heterocycles. The van der Waals surface area contributed by atoms with Gasteiger partial charge in [0.05, 0.1) is 5.75 Å². The Kier molecular flexibility index (Phi) is 4.59. The van der Waals surface area contributed by atoms with E-state index in [-0.39, 0.29) is 24.0 Å². The molecule has 0 aromatic heterocycles. The summed E-state index contributed by atoms with van der Waals surface area (Å²) < 4.78 is 22.5. The third-order valence-corrected chi connectivity index (χ3v) is 5.47. The van der Waals surface area contributed by atoms with Crippen LogP contribution in [0.15, 0.2) is 24.3 Å². The average molecular weight is 337 g/mol. The van der Waals surface area contributed by atoms with Crippen LogP contribution in [0.2, 0.25) is 0 Å². The quantitative estimate of drug-likeness (QED) is 0.898. The first kappa shape index (κ1) is 16.3. The van der Waals surface area contributed by atoms with Crippen LogP contribution >= 0.6 is 0 Å². The minimum absolute atomic E-state index is 0.0329. The van der Waals surface area contributed by atoms with Crippen molar-refractivity contribution >= 4 is 27.3 Å². The second-order valence-corrected chi connectivity index (χ2v) is 8.13. The van der Waals surface area contributed by atoms with Crippen molar-refractivity contribution in [2.24, 2.45) is 11.1 Å². The SMILES string of the molecule is NS(=O)(=O)CC1CC(=O)N(c2cccc(N3CCCCC3)c2)C1. The summed E-state index contributed by atoms with van der Waals surface area (Å²) in [7, 11) is -3.55. The molecule has 1 amide bonds. The first-order valence-corrected chi connectivity index (χ1v) is 9.80. The van der Waals surface area contributed by atoms with E-state index < -0.39 is 10.0 Å². The van der Waals surface area contributed by atoms with Crippen LogP contribution in [0.1, 0.15) is 25.7 Å². The Morgan fingerprint density at radius 3 is 2.52 bits per heavy atom. The average Bonchev–Trinajstić information content (AvgIpc) is 2.87. The zero-order chi connectivity index (χ0) is 16.4. The molecule has 0 radical (unpaired) electrons. The van der Waals surface area contributed by atoms with Crippen LogP contribution in [0.5, 0.6) is 0 Å². The number of piperidine rings is 1. The number of rotatable bonds is 4. The van der Waals surface area contributed by atoms with Crippen molar-refractivity contribution in [2.45, 2.75) is 25.7 Å². The number of nitrogens with two attached hydrogens (primary N) is 1. The van der Waals surface area contributed by atoms with Crippen molar-refractivity contribution < 1.29 is 13.2 Å². The highest BCUT2D eigenvalue weighted by Gasteiger charge is 2.33. The predicted octanol–water partition coefficient (Wildman–Crippen LogP) is 1.32. The van der Waals surface area contributed by atoms with E-state index in [1.807, 2.05) is 18.2 Å². The molecule has 6 nitrogen and oxygen atoms in total. The van der Waals surface area contributed by atoms with Gasteiger partial charge >= 0.3 is 0 Å². The lowest BCUT2D eigenvalue weighted by atomic mass is 10.1. The maximum Gasteiger partial charge on any atom is 0.227 e. The number of hydrogen-bond acceptors (Lipinski definition) is 4. The summed E-state index contributed by atoms with van der Waals surface area (Å²) in [6.45, 7) is 2.51. The number of primary sulfonamides is 1. The lowest BCUT2D eigenvalue weighted by Gasteiger charge is -2.29. The zero-order valence-corrected chi connectivity index (χ0v) is 14.0. The highest BCUT2D eigenvalue weighted by molar-refractivity contribution is 7.89. The second-order valence-electron chi connectivity index (χ2n) is 6.47. The Hall–Kier alpha value is -1.60. The van der Waals surface area contributed by atoms with Crippen LogP contribution in [-0.2, 0) is 14.8 Å². The molecule has 3 rings (SSSR count). The summed E-state index contributed by atoms with van der Waals surface area (Å²) in [5.41, 5.74) is 1.97. The van der Waals surface area contributed by atoms with Gasteiger partial charge in [-0.15, -0.1) is 0 Å². The van der Waals surface area contributed by atoms with Crippen LogP contribution < -0.4 is 14.9 Å². The summed E-state index contributed by atoms with van der Waals surface area (Å²) in [6.07, 6.45) is 3.91. The number of sulfonamides is 1. The van der Waals surface area contributed by atoms with Crippen molar-refractivity contribution in [1.29, 1.82) is 0 Å². The Labute approximate surface area is 137 Å². The maximum absolute atomic E-state index is 12.2. The highest BCUT2D eigenvalue weighted by atomic mass is 32.2. The molecular weight excluding hydrogens is 314 g/mol. The van der Waals surface area contributed by atoms with Crippen molar-refractivity contribution in [1.82, 2.24) is 0 Å². The highest BCUT2D eigenvalue weighted by Crippen LogP contribution is 2.29. The third-order valence-electron chi connectivity index (χ3n) is 4.54.